The molecule has 1 aliphatic rings. The van der Waals surface area contributed by atoms with E-state index in [2.05, 4.69) is 30.8 Å². The van der Waals surface area contributed by atoms with Gasteiger partial charge in [-0.1, -0.05) is 30.4 Å². The SMILES string of the molecule is CCN1CCN(c2cc(C(=O)Nc3ccc(C)c(NC(=O)c4cnc(Nc5ccccn5)s4)c3)cc(C(F)(F)F)c2)CC1. The molecule has 0 aliphatic carbocycles. The number of rotatable bonds is 8. The molecule has 0 radical (unpaired) electrons. The average Bonchev–Trinajstić information content (AvgIpc) is 3.47. The molecule has 2 aromatic heterocycles. The standard InChI is InChI=1S/C30H30F3N7O2S/c1-3-39-10-12-40(13-11-39)23-15-20(14-21(16-23)30(31,32)33)27(41)36-22-8-7-19(2)24(17-22)37-28(42)25-18-35-29(43-25)38-26-6-4-5-9-34-26/h4-9,14-18H,3,10-13H2,1-2H3,(H,36,41)(H,37,42)(H,34,35,38). The molecule has 0 spiro atoms. The molecule has 5 rings (SSSR count). The molecule has 2 amide bonds. The van der Waals surface area contributed by atoms with Crippen molar-refractivity contribution in [3.63, 3.8) is 0 Å². The van der Waals surface area contributed by atoms with Crippen LogP contribution in [0.4, 0.5) is 41.2 Å². The molecule has 3 heterocycles. The molecule has 2 aromatic carbocycles. The average molecular weight is 610 g/mol. The number of aromatic nitrogens is 2. The van der Waals surface area contributed by atoms with Crippen LogP contribution in [0.1, 0.15) is 38.1 Å². The minimum Gasteiger partial charge on any atom is -0.369 e. The number of piperazine rings is 1. The number of benzene rings is 2. The van der Waals surface area contributed by atoms with Crippen molar-refractivity contribution in [3.8, 4) is 0 Å². The number of halogens is 3. The molecule has 224 valence electrons. The lowest BCUT2D eigenvalue weighted by Crippen LogP contribution is -2.46. The number of amides is 2. The molecule has 1 saturated heterocycles. The highest BCUT2D eigenvalue weighted by Gasteiger charge is 2.33. The van der Waals surface area contributed by atoms with Crippen LogP contribution < -0.4 is 20.9 Å². The largest absolute Gasteiger partial charge is 0.416 e. The zero-order valence-electron chi connectivity index (χ0n) is 23.5. The molecule has 0 unspecified atom stereocenters. The molecule has 0 atom stereocenters. The van der Waals surface area contributed by atoms with E-state index in [9.17, 15) is 22.8 Å². The lowest BCUT2D eigenvalue weighted by molar-refractivity contribution is -0.137. The second-order valence-corrected chi connectivity index (χ2v) is 11.0. The van der Waals surface area contributed by atoms with Gasteiger partial charge in [0.25, 0.3) is 11.8 Å². The number of anilines is 5. The summed E-state index contributed by atoms with van der Waals surface area (Å²) in [5, 5.41) is 9.04. The number of hydrogen-bond donors (Lipinski definition) is 3. The first-order valence-corrected chi connectivity index (χ1v) is 14.5. The highest BCUT2D eigenvalue weighted by Crippen LogP contribution is 2.34. The maximum absolute atomic E-state index is 13.8. The van der Waals surface area contributed by atoms with Crippen LogP contribution in [0.2, 0.25) is 0 Å². The van der Waals surface area contributed by atoms with Gasteiger partial charge in [0.05, 0.1) is 11.8 Å². The number of hydrogen-bond acceptors (Lipinski definition) is 8. The highest BCUT2D eigenvalue weighted by molar-refractivity contribution is 7.17. The molecule has 1 aliphatic heterocycles. The molecule has 1 fully saturated rings. The first-order valence-electron chi connectivity index (χ1n) is 13.7. The highest BCUT2D eigenvalue weighted by atomic mass is 32.1. The van der Waals surface area contributed by atoms with Crippen molar-refractivity contribution >= 4 is 51.2 Å². The van der Waals surface area contributed by atoms with Gasteiger partial charge >= 0.3 is 6.18 Å². The van der Waals surface area contributed by atoms with Gasteiger partial charge in [-0.05, 0) is 61.5 Å². The topological polar surface area (TPSA) is 102 Å². The predicted molar refractivity (Wildman–Crippen MR) is 162 cm³/mol. The number of nitrogens with zero attached hydrogens (tertiary/aromatic N) is 4. The Kier molecular flexibility index (Phi) is 8.92. The number of likely N-dealkylation sites (N-methyl/N-ethyl adjacent to an activating group) is 1. The van der Waals surface area contributed by atoms with Gasteiger partial charge in [0.15, 0.2) is 5.13 Å². The van der Waals surface area contributed by atoms with Crippen molar-refractivity contribution in [1.29, 1.82) is 0 Å². The van der Waals surface area contributed by atoms with Crippen LogP contribution in [-0.2, 0) is 6.18 Å². The zero-order valence-corrected chi connectivity index (χ0v) is 24.4. The first-order chi connectivity index (χ1) is 20.6. The van der Waals surface area contributed by atoms with Crippen LogP contribution in [0.3, 0.4) is 0 Å². The Morgan fingerprint density at radius 3 is 2.44 bits per heavy atom. The normalized spacial score (nSPS) is 13.9. The number of carbonyl (C=O) groups excluding carboxylic acids is 2. The molecular formula is C30H30F3N7O2S. The molecule has 13 heteroatoms. The Balaban J connectivity index is 1.30. The monoisotopic (exact) mass is 609 g/mol. The quantitative estimate of drug-likeness (QED) is 0.217. The molecule has 9 nitrogen and oxygen atoms in total. The maximum atomic E-state index is 13.8. The van der Waals surface area contributed by atoms with Crippen molar-refractivity contribution in [3.05, 3.63) is 88.6 Å². The Hall–Kier alpha value is -4.49. The van der Waals surface area contributed by atoms with Crippen molar-refractivity contribution in [2.75, 3.05) is 53.6 Å². The van der Waals surface area contributed by atoms with Crippen molar-refractivity contribution < 1.29 is 22.8 Å². The molecule has 3 N–H and O–H groups in total. The Bertz CT molecular complexity index is 1600. The molecule has 0 bridgehead atoms. The van der Waals surface area contributed by atoms with E-state index in [1.807, 2.05) is 17.9 Å². The summed E-state index contributed by atoms with van der Waals surface area (Å²) in [5.74, 6) is -0.493. The number of thiazole rings is 1. The molecule has 43 heavy (non-hydrogen) atoms. The van der Waals surface area contributed by atoms with E-state index in [-0.39, 0.29) is 5.56 Å². The smallest absolute Gasteiger partial charge is 0.369 e. The summed E-state index contributed by atoms with van der Waals surface area (Å²) in [6.45, 7) is 7.31. The van der Waals surface area contributed by atoms with Gasteiger partial charge < -0.3 is 25.8 Å². The lowest BCUT2D eigenvalue weighted by Gasteiger charge is -2.36. The van der Waals surface area contributed by atoms with E-state index in [1.54, 1.807) is 43.5 Å². The number of nitrogens with one attached hydrogen (secondary N) is 3. The van der Waals surface area contributed by atoms with Gasteiger partial charge in [-0.2, -0.15) is 13.2 Å². The molecule has 4 aromatic rings. The van der Waals surface area contributed by atoms with E-state index in [1.165, 1.54) is 12.3 Å². The lowest BCUT2D eigenvalue weighted by atomic mass is 10.1. The first kappa shape index (κ1) is 30.0. The molecule has 0 saturated carbocycles. The Morgan fingerprint density at radius 1 is 0.953 bits per heavy atom. The van der Waals surface area contributed by atoms with Crippen molar-refractivity contribution in [2.24, 2.45) is 0 Å². The summed E-state index contributed by atoms with van der Waals surface area (Å²) in [7, 11) is 0. The number of pyridine rings is 1. The summed E-state index contributed by atoms with van der Waals surface area (Å²) >= 11 is 1.15. The van der Waals surface area contributed by atoms with Gasteiger partial charge in [-0.3, -0.25) is 9.59 Å². The summed E-state index contributed by atoms with van der Waals surface area (Å²) in [6, 6.07) is 13.7. The van der Waals surface area contributed by atoms with Crippen molar-refractivity contribution in [2.45, 2.75) is 20.0 Å². The van der Waals surface area contributed by atoms with E-state index >= 15 is 0 Å². The predicted octanol–water partition coefficient (Wildman–Crippen LogP) is 6.26. The van der Waals surface area contributed by atoms with Crippen LogP contribution in [0.5, 0.6) is 0 Å². The van der Waals surface area contributed by atoms with Gasteiger partial charge in [-0.25, -0.2) is 9.97 Å². The van der Waals surface area contributed by atoms with Crippen LogP contribution in [0.25, 0.3) is 0 Å². The Labute approximate surface area is 250 Å². The van der Waals surface area contributed by atoms with Gasteiger partial charge in [0.1, 0.15) is 10.7 Å². The fraction of sp³-hybridized carbons (Fsp3) is 0.267. The fourth-order valence-corrected chi connectivity index (χ4v) is 5.33. The maximum Gasteiger partial charge on any atom is 0.416 e. The third-order valence-corrected chi connectivity index (χ3v) is 7.98. The minimum atomic E-state index is -4.61. The van der Waals surface area contributed by atoms with Gasteiger partial charge in [-0.15, -0.1) is 0 Å². The Morgan fingerprint density at radius 2 is 1.74 bits per heavy atom. The third kappa shape index (κ3) is 7.48. The van der Waals surface area contributed by atoms with E-state index < -0.39 is 23.6 Å². The summed E-state index contributed by atoms with van der Waals surface area (Å²) < 4.78 is 41.3. The van der Waals surface area contributed by atoms with Crippen LogP contribution in [0, 0.1) is 6.92 Å². The fourth-order valence-electron chi connectivity index (χ4n) is 4.62. The number of alkyl halides is 3. The number of carbonyl (C=O) groups is 2. The second-order valence-electron chi connectivity index (χ2n) is 10.00. The third-order valence-electron chi connectivity index (χ3n) is 7.06. The van der Waals surface area contributed by atoms with E-state index in [0.29, 0.717) is 46.0 Å². The number of aryl methyl sites for hydroxylation is 1. The van der Waals surface area contributed by atoms with E-state index in [0.717, 1.165) is 48.7 Å². The summed E-state index contributed by atoms with van der Waals surface area (Å²) in [4.78, 5) is 39.0. The van der Waals surface area contributed by atoms with Crippen LogP contribution >= 0.6 is 11.3 Å². The van der Waals surface area contributed by atoms with Gasteiger partial charge in [0.2, 0.25) is 0 Å². The van der Waals surface area contributed by atoms with Crippen LogP contribution in [-0.4, -0.2) is 59.4 Å². The minimum absolute atomic E-state index is 0.105. The zero-order chi connectivity index (χ0) is 30.6. The molecular weight excluding hydrogens is 579 g/mol. The van der Waals surface area contributed by atoms with Gasteiger partial charge in [0, 0.05) is 55.0 Å². The van der Waals surface area contributed by atoms with Crippen molar-refractivity contribution in [1.82, 2.24) is 14.9 Å². The van der Waals surface area contributed by atoms with E-state index in [4.69, 9.17) is 0 Å². The summed E-state index contributed by atoms with van der Waals surface area (Å²) in [5.41, 5.74) is 0.861. The summed E-state index contributed by atoms with van der Waals surface area (Å²) in [6.07, 6.45) is -1.53. The second kappa shape index (κ2) is 12.8. The van der Waals surface area contributed by atoms with Crippen LogP contribution in [0.15, 0.2) is 67.0 Å².